The van der Waals surface area contributed by atoms with E-state index in [2.05, 4.69) is 27.2 Å². The Kier molecular flexibility index (Phi) is 3.00. The molecule has 1 aromatic carbocycles. The molecule has 0 saturated carbocycles. The molecule has 1 aliphatic rings. The van der Waals surface area contributed by atoms with E-state index in [1.807, 2.05) is 6.07 Å². The first kappa shape index (κ1) is 12.6. The fraction of sp³-hybridized carbons (Fsp3) is 0.267. The highest BCUT2D eigenvalue weighted by Crippen LogP contribution is 2.29. The van der Waals surface area contributed by atoms with E-state index in [0.29, 0.717) is 16.8 Å². The number of halogens is 1. The smallest absolute Gasteiger partial charge is 0.256 e. The van der Waals surface area contributed by atoms with Gasteiger partial charge in [-0.1, -0.05) is 17.7 Å². The number of rotatable bonds is 2. The van der Waals surface area contributed by atoms with Gasteiger partial charge in [-0.05, 0) is 48.9 Å². The summed E-state index contributed by atoms with van der Waals surface area (Å²) in [4.78, 5) is 8.11. The lowest BCUT2D eigenvalue weighted by Gasteiger charge is -2.16. The van der Waals surface area contributed by atoms with Gasteiger partial charge in [-0.25, -0.2) is 0 Å². The molecule has 2 heterocycles. The largest absolute Gasteiger partial charge is 0.439 e. The Morgan fingerprint density at radius 1 is 1.10 bits per heavy atom. The van der Waals surface area contributed by atoms with Crippen LogP contribution in [0.1, 0.15) is 24.0 Å². The van der Waals surface area contributed by atoms with Crippen LogP contribution in [0.4, 0.5) is 0 Å². The van der Waals surface area contributed by atoms with Gasteiger partial charge in [-0.15, -0.1) is 0 Å². The monoisotopic (exact) mass is 300 g/mol. The quantitative estimate of drug-likeness (QED) is 0.680. The molecule has 1 aliphatic carbocycles. The Hall–Kier alpha value is -2.14. The number of hydrogen-bond acceptors (Lipinski definition) is 4. The summed E-state index contributed by atoms with van der Waals surface area (Å²) in [5, 5.41) is 4.44. The molecule has 106 valence electrons. The highest BCUT2D eigenvalue weighted by molar-refractivity contribution is 6.29. The third-order valence-corrected chi connectivity index (χ3v) is 3.92. The van der Waals surface area contributed by atoms with Crippen LogP contribution >= 0.6 is 11.6 Å². The van der Waals surface area contributed by atoms with E-state index < -0.39 is 0 Å². The number of aromatic nitrogens is 4. The van der Waals surface area contributed by atoms with Crippen LogP contribution in [0, 0.1) is 0 Å². The van der Waals surface area contributed by atoms with Crippen LogP contribution in [0.2, 0.25) is 5.15 Å². The molecule has 0 saturated heterocycles. The highest BCUT2D eigenvalue weighted by Gasteiger charge is 2.12. The summed E-state index contributed by atoms with van der Waals surface area (Å²) in [5.41, 5.74) is 2.79. The van der Waals surface area contributed by atoms with Crippen molar-refractivity contribution in [2.24, 2.45) is 0 Å². The zero-order valence-corrected chi connectivity index (χ0v) is 12.0. The molecule has 0 atom stereocenters. The van der Waals surface area contributed by atoms with Crippen LogP contribution in [-0.4, -0.2) is 19.6 Å². The second kappa shape index (κ2) is 5.00. The van der Waals surface area contributed by atoms with E-state index in [4.69, 9.17) is 16.3 Å². The topological polar surface area (TPSA) is 52.3 Å². The molecule has 5 nitrogen and oxygen atoms in total. The molecule has 6 heteroatoms. The number of nitrogens with zero attached hydrogens (tertiary/aromatic N) is 4. The number of benzene rings is 1. The molecule has 0 radical (unpaired) electrons. The van der Waals surface area contributed by atoms with E-state index in [0.717, 1.165) is 18.6 Å². The Balaban J connectivity index is 1.72. The zero-order valence-electron chi connectivity index (χ0n) is 11.3. The standard InChI is InChI=1S/C15H13ClN4O/c16-13-8-14(20-15(19-13)17-9-18-20)21-12-6-5-10-3-1-2-4-11(10)7-12/h5-9H,1-4H2. The molecule has 4 rings (SSSR count). The molecular weight excluding hydrogens is 288 g/mol. The third kappa shape index (κ3) is 2.34. The minimum atomic E-state index is 0.337. The van der Waals surface area contributed by atoms with Crippen LogP contribution in [0.15, 0.2) is 30.6 Å². The summed E-state index contributed by atoms with van der Waals surface area (Å²) in [7, 11) is 0. The number of fused-ring (bicyclic) bond motifs is 2. The van der Waals surface area contributed by atoms with E-state index in [9.17, 15) is 0 Å². The van der Waals surface area contributed by atoms with Crippen LogP contribution in [-0.2, 0) is 12.8 Å². The second-order valence-electron chi connectivity index (χ2n) is 5.13. The zero-order chi connectivity index (χ0) is 14.2. The van der Waals surface area contributed by atoms with Gasteiger partial charge < -0.3 is 4.74 Å². The minimum absolute atomic E-state index is 0.337. The summed E-state index contributed by atoms with van der Waals surface area (Å²) < 4.78 is 7.47. The molecule has 0 fully saturated rings. The van der Waals surface area contributed by atoms with Crippen molar-refractivity contribution in [1.82, 2.24) is 19.6 Å². The molecule has 21 heavy (non-hydrogen) atoms. The average molecular weight is 301 g/mol. The van der Waals surface area contributed by atoms with Crippen LogP contribution in [0.25, 0.3) is 5.78 Å². The van der Waals surface area contributed by atoms with Gasteiger partial charge in [-0.3, -0.25) is 0 Å². The van der Waals surface area contributed by atoms with Gasteiger partial charge in [0.1, 0.15) is 17.2 Å². The van der Waals surface area contributed by atoms with Gasteiger partial charge in [0, 0.05) is 6.07 Å². The first-order valence-corrected chi connectivity index (χ1v) is 7.33. The van der Waals surface area contributed by atoms with Gasteiger partial charge in [0.25, 0.3) is 5.78 Å². The van der Waals surface area contributed by atoms with Crippen molar-refractivity contribution < 1.29 is 4.74 Å². The Bertz CT molecular complexity index is 815. The maximum atomic E-state index is 5.99. The van der Waals surface area contributed by atoms with Crippen molar-refractivity contribution in [1.29, 1.82) is 0 Å². The number of aryl methyl sites for hydroxylation is 2. The molecule has 0 unspecified atom stereocenters. The molecule has 0 bridgehead atoms. The lowest BCUT2D eigenvalue weighted by Crippen LogP contribution is -2.03. The first-order chi connectivity index (χ1) is 10.3. The Morgan fingerprint density at radius 2 is 1.95 bits per heavy atom. The van der Waals surface area contributed by atoms with Crippen molar-refractivity contribution in [3.05, 3.63) is 46.9 Å². The lowest BCUT2D eigenvalue weighted by molar-refractivity contribution is 0.444. The van der Waals surface area contributed by atoms with E-state index in [1.165, 1.54) is 34.8 Å². The van der Waals surface area contributed by atoms with Crippen molar-refractivity contribution in [3.63, 3.8) is 0 Å². The van der Waals surface area contributed by atoms with Crippen LogP contribution < -0.4 is 4.74 Å². The summed E-state index contributed by atoms with van der Waals surface area (Å²) in [6.07, 6.45) is 6.21. The average Bonchev–Trinajstić information content (AvgIpc) is 2.95. The second-order valence-corrected chi connectivity index (χ2v) is 5.52. The summed E-state index contributed by atoms with van der Waals surface area (Å²) >= 11 is 5.99. The first-order valence-electron chi connectivity index (χ1n) is 6.95. The van der Waals surface area contributed by atoms with Gasteiger partial charge in [0.15, 0.2) is 0 Å². The van der Waals surface area contributed by atoms with Gasteiger partial charge in [0.05, 0.1) is 0 Å². The Labute approximate surface area is 126 Å². The summed E-state index contributed by atoms with van der Waals surface area (Å²) in [5.74, 6) is 1.73. The lowest BCUT2D eigenvalue weighted by atomic mass is 9.92. The van der Waals surface area contributed by atoms with Crippen LogP contribution in [0.5, 0.6) is 11.6 Å². The highest BCUT2D eigenvalue weighted by atomic mass is 35.5. The molecule has 2 aromatic heterocycles. The van der Waals surface area contributed by atoms with E-state index >= 15 is 0 Å². The van der Waals surface area contributed by atoms with E-state index in [-0.39, 0.29) is 0 Å². The van der Waals surface area contributed by atoms with Gasteiger partial charge in [0.2, 0.25) is 5.88 Å². The normalized spacial score (nSPS) is 14.1. The van der Waals surface area contributed by atoms with Gasteiger partial charge >= 0.3 is 0 Å². The van der Waals surface area contributed by atoms with Gasteiger partial charge in [-0.2, -0.15) is 19.6 Å². The minimum Gasteiger partial charge on any atom is -0.439 e. The molecule has 0 amide bonds. The summed E-state index contributed by atoms with van der Waals surface area (Å²) in [6, 6.07) is 7.88. The molecule has 0 N–H and O–H groups in total. The van der Waals surface area contributed by atoms with Crippen molar-refractivity contribution in [2.75, 3.05) is 0 Å². The summed E-state index contributed by atoms with van der Waals surface area (Å²) in [6.45, 7) is 0. The van der Waals surface area contributed by atoms with Crippen molar-refractivity contribution >= 4 is 17.4 Å². The van der Waals surface area contributed by atoms with Crippen LogP contribution in [0.3, 0.4) is 0 Å². The van der Waals surface area contributed by atoms with E-state index in [1.54, 1.807) is 6.07 Å². The molecule has 3 aromatic rings. The molecule has 0 spiro atoms. The Morgan fingerprint density at radius 3 is 2.86 bits per heavy atom. The maximum Gasteiger partial charge on any atom is 0.256 e. The fourth-order valence-electron chi connectivity index (χ4n) is 2.72. The molecule has 0 aliphatic heterocycles. The number of hydrogen-bond donors (Lipinski definition) is 0. The number of ether oxygens (including phenoxy) is 1. The SMILES string of the molecule is Clc1cc(Oc2ccc3c(c2)CCCC3)n2ncnc2n1. The maximum absolute atomic E-state index is 5.99. The predicted octanol–water partition coefficient (Wildman–Crippen LogP) is 3.45. The van der Waals surface area contributed by atoms with Crippen molar-refractivity contribution in [2.45, 2.75) is 25.7 Å². The molecular formula is C15H13ClN4O. The van der Waals surface area contributed by atoms with Crippen molar-refractivity contribution in [3.8, 4) is 11.6 Å². The third-order valence-electron chi connectivity index (χ3n) is 3.73. The predicted molar refractivity (Wildman–Crippen MR) is 79.0 cm³/mol. The fourth-order valence-corrected chi connectivity index (χ4v) is 2.89.